The van der Waals surface area contributed by atoms with Gasteiger partial charge >= 0.3 is 5.97 Å². The van der Waals surface area contributed by atoms with Crippen LogP contribution in [0.5, 0.6) is 0 Å². The van der Waals surface area contributed by atoms with Gasteiger partial charge < -0.3 is 13.9 Å². The van der Waals surface area contributed by atoms with Gasteiger partial charge in [-0.05, 0) is 24.3 Å². The van der Waals surface area contributed by atoms with Crippen LogP contribution in [0.25, 0.3) is 0 Å². The maximum absolute atomic E-state index is 11.7. The van der Waals surface area contributed by atoms with Gasteiger partial charge in [0.05, 0.1) is 5.69 Å². The number of aromatic nitrogens is 1. The predicted molar refractivity (Wildman–Crippen MR) is 62.8 cm³/mol. The number of pyridine rings is 1. The van der Waals surface area contributed by atoms with Crippen LogP contribution in [0.2, 0.25) is 0 Å². The largest absolute Gasteiger partial charge is 0.453 e. The average molecular weight is 247 g/mol. The van der Waals surface area contributed by atoms with Crippen molar-refractivity contribution in [1.82, 2.24) is 4.98 Å². The number of nitrogens with zero attached hydrogens (tertiary/aromatic N) is 1. The Balaban J connectivity index is 1.91. The van der Waals surface area contributed by atoms with E-state index < -0.39 is 5.97 Å². The zero-order valence-electron chi connectivity index (χ0n) is 9.96. The standard InChI is InChI=1S/C13H13NO4/c1-16-9-11-5-6-12(18-11)13(15)17-8-10-4-2-3-7-14-10/h2-7H,8-9H2,1H3. The van der Waals surface area contributed by atoms with Gasteiger partial charge in [0.1, 0.15) is 19.0 Å². The lowest BCUT2D eigenvalue weighted by molar-refractivity contribution is 0.0425. The Hall–Kier alpha value is -2.14. The summed E-state index contributed by atoms with van der Waals surface area (Å²) in [5, 5.41) is 0. The average Bonchev–Trinajstić information content (AvgIpc) is 2.86. The van der Waals surface area contributed by atoms with E-state index in [1.165, 1.54) is 0 Å². The van der Waals surface area contributed by atoms with Gasteiger partial charge in [0.25, 0.3) is 0 Å². The second-order valence-corrected chi connectivity index (χ2v) is 3.60. The van der Waals surface area contributed by atoms with Crippen LogP contribution in [0, 0.1) is 0 Å². The van der Waals surface area contributed by atoms with Crippen molar-refractivity contribution in [2.24, 2.45) is 0 Å². The third-order valence-electron chi connectivity index (χ3n) is 2.23. The monoisotopic (exact) mass is 247 g/mol. The van der Waals surface area contributed by atoms with Crippen LogP contribution in [0.3, 0.4) is 0 Å². The van der Waals surface area contributed by atoms with Gasteiger partial charge in [-0.25, -0.2) is 4.79 Å². The maximum atomic E-state index is 11.7. The summed E-state index contributed by atoms with van der Waals surface area (Å²) in [6, 6.07) is 8.66. The predicted octanol–water partition coefficient (Wildman–Crippen LogP) is 2.18. The lowest BCUT2D eigenvalue weighted by Gasteiger charge is -2.01. The number of carbonyl (C=O) groups excluding carboxylic acids is 1. The Morgan fingerprint density at radius 2 is 2.17 bits per heavy atom. The second kappa shape index (κ2) is 5.97. The van der Waals surface area contributed by atoms with Crippen molar-refractivity contribution in [1.29, 1.82) is 0 Å². The third kappa shape index (κ3) is 3.18. The molecule has 0 aromatic carbocycles. The molecule has 0 saturated heterocycles. The molecule has 0 bridgehead atoms. The number of hydrogen-bond acceptors (Lipinski definition) is 5. The third-order valence-corrected chi connectivity index (χ3v) is 2.23. The van der Waals surface area contributed by atoms with Crippen molar-refractivity contribution in [3.8, 4) is 0 Å². The van der Waals surface area contributed by atoms with E-state index >= 15 is 0 Å². The molecule has 2 rings (SSSR count). The molecule has 94 valence electrons. The maximum Gasteiger partial charge on any atom is 0.374 e. The number of ether oxygens (including phenoxy) is 2. The molecule has 2 aromatic heterocycles. The first kappa shape index (κ1) is 12.3. The zero-order valence-corrected chi connectivity index (χ0v) is 9.96. The minimum absolute atomic E-state index is 0.125. The summed E-state index contributed by atoms with van der Waals surface area (Å²) in [4.78, 5) is 15.7. The minimum Gasteiger partial charge on any atom is -0.453 e. The molecular formula is C13H13NO4. The Morgan fingerprint density at radius 1 is 1.28 bits per heavy atom. The van der Waals surface area contributed by atoms with E-state index in [9.17, 15) is 4.79 Å². The van der Waals surface area contributed by atoms with Crippen LogP contribution in [0.4, 0.5) is 0 Å². The lowest BCUT2D eigenvalue weighted by Crippen LogP contribution is -2.04. The van der Waals surface area contributed by atoms with Crippen LogP contribution in [0.15, 0.2) is 40.9 Å². The fourth-order valence-electron chi connectivity index (χ4n) is 1.40. The molecule has 0 aliphatic rings. The Morgan fingerprint density at radius 3 is 2.89 bits per heavy atom. The fourth-order valence-corrected chi connectivity index (χ4v) is 1.40. The summed E-state index contributed by atoms with van der Waals surface area (Å²) in [7, 11) is 1.56. The molecule has 0 saturated carbocycles. The van der Waals surface area contributed by atoms with Gasteiger partial charge in [0.2, 0.25) is 5.76 Å². The van der Waals surface area contributed by atoms with Gasteiger partial charge in [-0.2, -0.15) is 0 Å². The molecule has 0 unspecified atom stereocenters. The highest BCUT2D eigenvalue weighted by Crippen LogP contribution is 2.11. The Kier molecular flexibility index (Phi) is 4.09. The zero-order chi connectivity index (χ0) is 12.8. The van der Waals surface area contributed by atoms with E-state index in [2.05, 4.69) is 4.98 Å². The molecule has 18 heavy (non-hydrogen) atoms. The molecule has 2 aromatic rings. The van der Waals surface area contributed by atoms with Crippen LogP contribution < -0.4 is 0 Å². The molecule has 5 heteroatoms. The van der Waals surface area contributed by atoms with Crippen molar-refractivity contribution in [2.75, 3.05) is 7.11 Å². The van der Waals surface area contributed by atoms with Crippen molar-refractivity contribution in [3.05, 3.63) is 53.7 Å². The normalized spacial score (nSPS) is 10.3. The van der Waals surface area contributed by atoms with Gasteiger partial charge in [-0.15, -0.1) is 0 Å². The smallest absolute Gasteiger partial charge is 0.374 e. The molecule has 0 atom stereocenters. The van der Waals surface area contributed by atoms with Crippen LogP contribution >= 0.6 is 0 Å². The minimum atomic E-state index is -0.511. The molecule has 0 N–H and O–H groups in total. The highest BCUT2D eigenvalue weighted by atomic mass is 16.5. The number of hydrogen-bond donors (Lipinski definition) is 0. The summed E-state index contributed by atoms with van der Waals surface area (Å²) in [6.45, 7) is 0.452. The van der Waals surface area contributed by atoms with Gasteiger partial charge in [-0.3, -0.25) is 4.98 Å². The Labute approximate surface area is 104 Å². The molecule has 0 radical (unpaired) electrons. The molecule has 0 spiro atoms. The molecule has 0 amide bonds. The molecule has 5 nitrogen and oxygen atoms in total. The van der Waals surface area contributed by atoms with E-state index in [4.69, 9.17) is 13.9 Å². The topological polar surface area (TPSA) is 61.6 Å². The van der Waals surface area contributed by atoms with Gasteiger partial charge in [-0.1, -0.05) is 6.07 Å². The number of methoxy groups -OCH3 is 1. The van der Waals surface area contributed by atoms with E-state index in [0.29, 0.717) is 18.1 Å². The van der Waals surface area contributed by atoms with Gasteiger partial charge in [0.15, 0.2) is 0 Å². The lowest BCUT2D eigenvalue weighted by atomic mass is 10.4. The highest BCUT2D eigenvalue weighted by molar-refractivity contribution is 5.86. The molecule has 0 aliphatic heterocycles. The quantitative estimate of drug-likeness (QED) is 0.758. The fraction of sp³-hybridized carbons (Fsp3) is 0.231. The SMILES string of the molecule is COCc1ccc(C(=O)OCc2ccccn2)o1. The van der Waals surface area contributed by atoms with E-state index in [1.54, 1.807) is 37.6 Å². The molecule has 0 aliphatic carbocycles. The summed E-state index contributed by atoms with van der Waals surface area (Å²) in [6.07, 6.45) is 1.65. The first-order valence-electron chi connectivity index (χ1n) is 5.44. The summed E-state index contributed by atoms with van der Waals surface area (Å²) in [5.74, 6) is 0.239. The molecule has 2 heterocycles. The van der Waals surface area contributed by atoms with Gasteiger partial charge in [0, 0.05) is 13.3 Å². The second-order valence-electron chi connectivity index (χ2n) is 3.60. The van der Waals surface area contributed by atoms with Crippen LogP contribution in [-0.4, -0.2) is 18.1 Å². The molecular weight excluding hydrogens is 234 g/mol. The highest BCUT2D eigenvalue weighted by Gasteiger charge is 2.12. The van der Waals surface area contributed by atoms with Crippen molar-refractivity contribution < 1.29 is 18.7 Å². The number of furan rings is 1. The number of carbonyl (C=O) groups is 1. The van der Waals surface area contributed by atoms with Crippen molar-refractivity contribution in [2.45, 2.75) is 13.2 Å². The van der Waals surface area contributed by atoms with Crippen LogP contribution in [0.1, 0.15) is 22.0 Å². The molecule has 0 fully saturated rings. The van der Waals surface area contributed by atoms with Crippen molar-refractivity contribution in [3.63, 3.8) is 0 Å². The Bertz CT molecular complexity index is 507. The summed E-state index contributed by atoms with van der Waals surface area (Å²) < 4.78 is 15.2. The van der Waals surface area contributed by atoms with Crippen LogP contribution in [-0.2, 0) is 22.7 Å². The van der Waals surface area contributed by atoms with Crippen molar-refractivity contribution >= 4 is 5.97 Å². The first-order valence-corrected chi connectivity index (χ1v) is 5.44. The number of rotatable bonds is 5. The summed E-state index contributed by atoms with van der Waals surface area (Å²) in [5.41, 5.74) is 0.689. The summed E-state index contributed by atoms with van der Waals surface area (Å²) >= 11 is 0. The number of esters is 1. The van der Waals surface area contributed by atoms with E-state index in [0.717, 1.165) is 0 Å². The van der Waals surface area contributed by atoms with E-state index in [-0.39, 0.29) is 12.4 Å². The van der Waals surface area contributed by atoms with E-state index in [1.807, 2.05) is 6.07 Å². The first-order chi connectivity index (χ1) is 8.79.